The summed E-state index contributed by atoms with van der Waals surface area (Å²) in [5, 5.41) is 2.47. The van der Waals surface area contributed by atoms with Crippen LogP contribution in [-0.2, 0) is 22.3 Å². The van der Waals surface area contributed by atoms with Gasteiger partial charge in [-0.2, -0.15) is 13.2 Å². The highest BCUT2D eigenvalue weighted by molar-refractivity contribution is 5.97. The quantitative estimate of drug-likeness (QED) is 0.892. The highest BCUT2D eigenvalue weighted by Gasteiger charge is 2.34. The minimum atomic E-state index is -4.52. The normalized spacial score (nSPS) is 18.1. The molecule has 1 fully saturated rings. The number of nitrogens with one attached hydrogen (secondary N) is 1. The molecule has 2 amide bonds. The van der Waals surface area contributed by atoms with E-state index in [1.54, 1.807) is 0 Å². The van der Waals surface area contributed by atoms with E-state index in [-0.39, 0.29) is 23.7 Å². The maximum atomic E-state index is 12.9. The molecule has 1 aliphatic rings. The number of carbonyl (C=O) groups excluding carboxylic acids is 2. The summed E-state index contributed by atoms with van der Waals surface area (Å²) in [5.41, 5.74) is 4.84. The topological polar surface area (TPSA) is 75.4 Å². The summed E-state index contributed by atoms with van der Waals surface area (Å²) in [6.07, 6.45) is -3.34. The lowest BCUT2D eigenvalue weighted by molar-refractivity contribution is -0.137. The number of likely N-dealkylation sites (tertiary alicyclic amines) is 1. The molecule has 0 aromatic heterocycles. The van der Waals surface area contributed by atoms with Crippen molar-refractivity contribution in [1.82, 2.24) is 4.90 Å². The summed E-state index contributed by atoms with van der Waals surface area (Å²) in [6.45, 7) is 1.77. The standard InChI is InChI=1S/C15H18F3N3O2/c1-9(22)21-4-2-3-13(21)14(23)20-12-6-10(8-19)5-11(7-12)15(16,17)18/h5-7,13H,2-4,8,19H2,1H3,(H,20,23). The van der Waals surface area contributed by atoms with Crippen molar-refractivity contribution < 1.29 is 22.8 Å². The third-order valence-corrected chi connectivity index (χ3v) is 3.78. The van der Waals surface area contributed by atoms with Crippen LogP contribution in [0, 0.1) is 0 Å². The number of nitrogens with two attached hydrogens (primary N) is 1. The number of alkyl halides is 3. The predicted octanol–water partition coefficient (Wildman–Crippen LogP) is 2.11. The number of amides is 2. The zero-order valence-corrected chi connectivity index (χ0v) is 12.6. The number of hydrogen-bond donors (Lipinski definition) is 2. The third kappa shape index (κ3) is 4.01. The molecule has 0 bridgehead atoms. The largest absolute Gasteiger partial charge is 0.416 e. The van der Waals surface area contributed by atoms with E-state index in [0.29, 0.717) is 19.4 Å². The Morgan fingerprint density at radius 3 is 2.61 bits per heavy atom. The van der Waals surface area contributed by atoms with Crippen LogP contribution in [0.15, 0.2) is 18.2 Å². The highest BCUT2D eigenvalue weighted by Crippen LogP contribution is 2.32. The van der Waals surface area contributed by atoms with Crippen LogP contribution in [0.2, 0.25) is 0 Å². The van der Waals surface area contributed by atoms with Crippen molar-refractivity contribution in [3.8, 4) is 0 Å². The van der Waals surface area contributed by atoms with Crippen molar-refractivity contribution in [2.75, 3.05) is 11.9 Å². The molecular weight excluding hydrogens is 311 g/mol. The summed E-state index contributed by atoms with van der Waals surface area (Å²) in [5.74, 6) is -0.714. The van der Waals surface area contributed by atoms with Gasteiger partial charge in [-0.3, -0.25) is 9.59 Å². The van der Waals surface area contributed by atoms with Crippen LogP contribution in [0.25, 0.3) is 0 Å². The first-order chi connectivity index (χ1) is 10.7. The van der Waals surface area contributed by atoms with E-state index in [0.717, 1.165) is 12.1 Å². The second-order valence-corrected chi connectivity index (χ2v) is 5.48. The van der Waals surface area contributed by atoms with E-state index in [1.165, 1.54) is 17.9 Å². The van der Waals surface area contributed by atoms with Gasteiger partial charge in [0, 0.05) is 25.7 Å². The summed E-state index contributed by atoms with van der Waals surface area (Å²) < 4.78 is 38.7. The van der Waals surface area contributed by atoms with Gasteiger partial charge < -0.3 is 16.0 Å². The lowest BCUT2D eigenvalue weighted by Gasteiger charge is -2.22. The number of anilines is 1. The van der Waals surface area contributed by atoms with Gasteiger partial charge in [0.2, 0.25) is 11.8 Å². The summed E-state index contributed by atoms with van der Waals surface area (Å²) in [4.78, 5) is 25.2. The summed E-state index contributed by atoms with van der Waals surface area (Å²) in [7, 11) is 0. The lowest BCUT2D eigenvalue weighted by Crippen LogP contribution is -2.42. The van der Waals surface area contributed by atoms with Gasteiger partial charge >= 0.3 is 6.18 Å². The molecule has 1 saturated heterocycles. The molecule has 126 valence electrons. The molecule has 0 saturated carbocycles. The van der Waals surface area contributed by atoms with Crippen LogP contribution >= 0.6 is 0 Å². The summed E-state index contributed by atoms with van der Waals surface area (Å²) >= 11 is 0. The minimum Gasteiger partial charge on any atom is -0.331 e. The van der Waals surface area contributed by atoms with E-state index in [4.69, 9.17) is 5.73 Å². The van der Waals surface area contributed by atoms with Gasteiger partial charge in [-0.05, 0) is 36.6 Å². The molecule has 3 N–H and O–H groups in total. The molecule has 5 nitrogen and oxygen atoms in total. The van der Waals surface area contributed by atoms with E-state index in [2.05, 4.69) is 5.32 Å². The molecule has 0 radical (unpaired) electrons. The number of hydrogen-bond acceptors (Lipinski definition) is 3. The number of halogens is 3. The predicted molar refractivity (Wildman–Crippen MR) is 78.4 cm³/mol. The van der Waals surface area contributed by atoms with Crippen molar-refractivity contribution in [1.29, 1.82) is 0 Å². The Bertz CT molecular complexity index is 616. The van der Waals surface area contributed by atoms with Crippen LogP contribution in [-0.4, -0.2) is 29.3 Å². The minimum absolute atomic E-state index is 0.0284. The van der Waals surface area contributed by atoms with Crippen LogP contribution in [0.5, 0.6) is 0 Å². The maximum Gasteiger partial charge on any atom is 0.416 e. The van der Waals surface area contributed by atoms with Gasteiger partial charge in [-0.15, -0.1) is 0 Å². The second-order valence-electron chi connectivity index (χ2n) is 5.48. The van der Waals surface area contributed by atoms with Gasteiger partial charge in [0.25, 0.3) is 0 Å². The number of carbonyl (C=O) groups is 2. The zero-order valence-electron chi connectivity index (χ0n) is 12.6. The second kappa shape index (κ2) is 6.57. The zero-order chi connectivity index (χ0) is 17.2. The fourth-order valence-electron chi connectivity index (χ4n) is 2.69. The smallest absolute Gasteiger partial charge is 0.331 e. The molecule has 1 unspecified atom stereocenters. The van der Waals surface area contributed by atoms with Crippen molar-refractivity contribution in [2.24, 2.45) is 5.73 Å². The SMILES string of the molecule is CC(=O)N1CCCC1C(=O)Nc1cc(CN)cc(C(F)(F)F)c1. The van der Waals surface area contributed by atoms with Gasteiger partial charge in [0.15, 0.2) is 0 Å². The van der Waals surface area contributed by atoms with Crippen LogP contribution < -0.4 is 11.1 Å². The van der Waals surface area contributed by atoms with Gasteiger partial charge in [0.05, 0.1) is 5.56 Å². The van der Waals surface area contributed by atoms with E-state index < -0.39 is 23.7 Å². The Morgan fingerprint density at radius 2 is 2.04 bits per heavy atom. The Morgan fingerprint density at radius 1 is 1.35 bits per heavy atom. The molecule has 1 atom stereocenters. The maximum absolute atomic E-state index is 12.9. The third-order valence-electron chi connectivity index (χ3n) is 3.78. The van der Waals surface area contributed by atoms with Gasteiger partial charge in [-0.25, -0.2) is 0 Å². The highest BCUT2D eigenvalue weighted by atomic mass is 19.4. The van der Waals surface area contributed by atoms with Crippen LogP contribution in [0.4, 0.5) is 18.9 Å². The molecule has 1 aromatic rings. The molecule has 0 aliphatic carbocycles. The average molecular weight is 329 g/mol. The van der Waals surface area contributed by atoms with Crippen molar-refractivity contribution in [3.63, 3.8) is 0 Å². The fraction of sp³-hybridized carbons (Fsp3) is 0.467. The average Bonchev–Trinajstić information content (AvgIpc) is 2.95. The summed E-state index contributed by atoms with van der Waals surface area (Å²) in [6, 6.07) is 2.57. The monoisotopic (exact) mass is 329 g/mol. The Kier molecular flexibility index (Phi) is 4.93. The van der Waals surface area contributed by atoms with Crippen molar-refractivity contribution in [3.05, 3.63) is 29.3 Å². The Hall–Kier alpha value is -2.09. The Balaban J connectivity index is 2.22. The van der Waals surface area contributed by atoms with Crippen molar-refractivity contribution >= 4 is 17.5 Å². The molecule has 8 heteroatoms. The molecule has 1 aliphatic heterocycles. The first kappa shape index (κ1) is 17.3. The van der Waals surface area contributed by atoms with Gasteiger partial charge in [0.1, 0.15) is 6.04 Å². The van der Waals surface area contributed by atoms with E-state index in [9.17, 15) is 22.8 Å². The molecule has 1 heterocycles. The number of nitrogens with zero attached hydrogens (tertiary/aromatic N) is 1. The number of rotatable bonds is 3. The molecular formula is C15H18F3N3O2. The first-order valence-corrected chi connectivity index (χ1v) is 7.21. The van der Waals surface area contributed by atoms with Crippen LogP contribution in [0.3, 0.4) is 0 Å². The van der Waals surface area contributed by atoms with Crippen molar-refractivity contribution in [2.45, 2.75) is 38.5 Å². The molecule has 2 rings (SSSR count). The van der Waals surface area contributed by atoms with Crippen LogP contribution in [0.1, 0.15) is 30.9 Å². The van der Waals surface area contributed by atoms with E-state index in [1.807, 2.05) is 0 Å². The van der Waals surface area contributed by atoms with Gasteiger partial charge in [-0.1, -0.05) is 0 Å². The number of benzene rings is 1. The molecule has 0 spiro atoms. The Labute approximate surface area is 131 Å². The lowest BCUT2D eigenvalue weighted by atomic mass is 10.1. The van der Waals surface area contributed by atoms with E-state index >= 15 is 0 Å². The fourth-order valence-corrected chi connectivity index (χ4v) is 2.69. The molecule has 23 heavy (non-hydrogen) atoms. The first-order valence-electron chi connectivity index (χ1n) is 7.21. The molecule has 1 aromatic carbocycles.